The van der Waals surface area contributed by atoms with Crippen LogP contribution < -0.4 is 5.32 Å². The van der Waals surface area contributed by atoms with Gasteiger partial charge in [-0.1, -0.05) is 6.07 Å². The van der Waals surface area contributed by atoms with Gasteiger partial charge in [-0.2, -0.15) is 0 Å². The minimum absolute atomic E-state index is 0.0901. The molecule has 24 heavy (non-hydrogen) atoms. The van der Waals surface area contributed by atoms with E-state index in [0.29, 0.717) is 30.8 Å². The van der Waals surface area contributed by atoms with E-state index in [1.807, 2.05) is 29.3 Å². The zero-order valence-electron chi connectivity index (χ0n) is 14.0. The van der Waals surface area contributed by atoms with Crippen molar-refractivity contribution in [1.29, 1.82) is 0 Å². The molecule has 2 aromatic heterocycles. The number of thiophene rings is 1. The molecule has 1 aliphatic rings. The van der Waals surface area contributed by atoms with E-state index < -0.39 is 0 Å². The topological polar surface area (TPSA) is 62.6 Å². The van der Waals surface area contributed by atoms with Gasteiger partial charge in [0.25, 0.3) is 5.91 Å². The molecule has 2 aromatic rings. The second-order valence-corrected chi connectivity index (χ2v) is 7.24. The lowest BCUT2D eigenvalue weighted by atomic mass is 10.0. The van der Waals surface area contributed by atoms with E-state index in [9.17, 15) is 9.59 Å². The van der Waals surface area contributed by atoms with Crippen LogP contribution in [0.2, 0.25) is 0 Å². The number of aryl methyl sites for hydroxylation is 2. The number of nitrogens with zero attached hydrogens (tertiary/aromatic N) is 1. The van der Waals surface area contributed by atoms with Crippen LogP contribution >= 0.6 is 11.3 Å². The Morgan fingerprint density at radius 2 is 2.08 bits per heavy atom. The predicted octanol–water partition coefficient (Wildman–Crippen LogP) is 2.92. The summed E-state index contributed by atoms with van der Waals surface area (Å²) in [4.78, 5) is 27.6. The first-order valence-electron chi connectivity index (χ1n) is 8.21. The molecule has 0 aromatic carbocycles. The van der Waals surface area contributed by atoms with Crippen LogP contribution in [0.4, 0.5) is 0 Å². The van der Waals surface area contributed by atoms with E-state index in [1.54, 1.807) is 24.3 Å². The Morgan fingerprint density at radius 1 is 1.33 bits per heavy atom. The highest BCUT2D eigenvalue weighted by Crippen LogP contribution is 2.17. The van der Waals surface area contributed by atoms with E-state index in [-0.39, 0.29) is 17.9 Å². The first-order valence-corrected chi connectivity index (χ1v) is 9.09. The molecule has 1 saturated heterocycles. The number of furan rings is 1. The van der Waals surface area contributed by atoms with E-state index in [0.717, 1.165) is 23.5 Å². The van der Waals surface area contributed by atoms with Crippen LogP contribution in [-0.2, 0) is 11.2 Å². The fourth-order valence-electron chi connectivity index (χ4n) is 3.07. The fraction of sp³-hybridized carbons (Fsp3) is 0.444. The van der Waals surface area contributed by atoms with Gasteiger partial charge in [0.15, 0.2) is 0 Å². The standard InChI is InChI=1S/C18H22N2O3S/c1-12-10-16(13(2)23-12)18(22)19-14-5-7-20(8-6-14)17(21)11-15-4-3-9-24-15/h3-4,9-10,14H,5-8,11H2,1-2H3,(H,19,22). The van der Waals surface area contributed by atoms with Crippen molar-refractivity contribution in [3.8, 4) is 0 Å². The molecule has 0 aliphatic carbocycles. The quantitative estimate of drug-likeness (QED) is 0.926. The third-order valence-electron chi connectivity index (χ3n) is 4.37. The summed E-state index contributed by atoms with van der Waals surface area (Å²) in [6.45, 7) is 5.02. The SMILES string of the molecule is Cc1cc(C(=O)NC2CCN(C(=O)Cc3cccs3)CC2)c(C)o1. The Labute approximate surface area is 145 Å². The number of hydrogen-bond acceptors (Lipinski definition) is 4. The van der Waals surface area contributed by atoms with E-state index in [4.69, 9.17) is 4.42 Å². The number of amides is 2. The number of nitrogens with one attached hydrogen (secondary N) is 1. The molecule has 3 heterocycles. The molecule has 1 fully saturated rings. The molecule has 3 rings (SSSR count). The third-order valence-corrected chi connectivity index (χ3v) is 5.25. The molecule has 1 N–H and O–H groups in total. The molecule has 0 unspecified atom stereocenters. The molecule has 0 spiro atoms. The molecule has 128 valence electrons. The van der Waals surface area contributed by atoms with Gasteiger partial charge in [-0.25, -0.2) is 0 Å². The first-order chi connectivity index (χ1) is 11.5. The lowest BCUT2D eigenvalue weighted by molar-refractivity contribution is -0.131. The van der Waals surface area contributed by atoms with E-state index in [1.165, 1.54) is 0 Å². The number of likely N-dealkylation sites (tertiary alicyclic amines) is 1. The van der Waals surface area contributed by atoms with Crippen molar-refractivity contribution in [2.75, 3.05) is 13.1 Å². The Hall–Kier alpha value is -2.08. The smallest absolute Gasteiger partial charge is 0.255 e. The van der Waals surface area contributed by atoms with Crippen molar-refractivity contribution in [3.05, 3.63) is 45.5 Å². The molecular formula is C18H22N2O3S. The Morgan fingerprint density at radius 3 is 2.67 bits per heavy atom. The molecule has 1 aliphatic heterocycles. The predicted molar refractivity (Wildman–Crippen MR) is 93.3 cm³/mol. The van der Waals surface area contributed by atoms with E-state index in [2.05, 4.69) is 5.32 Å². The summed E-state index contributed by atoms with van der Waals surface area (Å²) in [5.74, 6) is 1.47. The van der Waals surface area contributed by atoms with Crippen LogP contribution in [0.3, 0.4) is 0 Å². The summed E-state index contributed by atoms with van der Waals surface area (Å²) in [5, 5.41) is 5.05. The average Bonchev–Trinajstić information content (AvgIpc) is 3.17. The maximum Gasteiger partial charge on any atom is 0.255 e. The van der Waals surface area contributed by atoms with Crippen LogP contribution in [0.1, 0.15) is 39.6 Å². The lowest BCUT2D eigenvalue weighted by Gasteiger charge is -2.32. The van der Waals surface area contributed by atoms with Crippen LogP contribution in [0, 0.1) is 13.8 Å². The summed E-state index contributed by atoms with van der Waals surface area (Å²) in [5.41, 5.74) is 0.601. The second-order valence-electron chi connectivity index (χ2n) is 6.21. The van der Waals surface area contributed by atoms with Crippen LogP contribution in [-0.4, -0.2) is 35.8 Å². The van der Waals surface area contributed by atoms with Gasteiger partial charge in [-0.05, 0) is 44.2 Å². The second kappa shape index (κ2) is 7.21. The summed E-state index contributed by atoms with van der Waals surface area (Å²) < 4.78 is 5.41. The van der Waals surface area contributed by atoms with Gasteiger partial charge in [0.1, 0.15) is 11.5 Å². The minimum Gasteiger partial charge on any atom is -0.466 e. The zero-order valence-corrected chi connectivity index (χ0v) is 14.8. The van der Waals surface area contributed by atoms with Crippen LogP contribution in [0.5, 0.6) is 0 Å². The summed E-state index contributed by atoms with van der Waals surface area (Å²) >= 11 is 1.61. The molecule has 0 atom stereocenters. The lowest BCUT2D eigenvalue weighted by Crippen LogP contribution is -2.47. The largest absolute Gasteiger partial charge is 0.466 e. The van der Waals surface area contributed by atoms with Crippen molar-refractivity contribution in [1.82, 2.24) is 10.2 Å². The Kier molecular flexibility index (Phi) is 5.04. The van der Waals surface area contributed by atoms with Gasteiger partial charge in [-0.15, -0.1) is 11.3 Å². The van der Waals surface area contributed by atoms with Crippen molar-refractivity contribution in [3.63, 3.8) is 0 Å². The molecule has 0 saturated carbocycles. The van der Waals surface area contributed by atoms with Crippen molar-refractivity contribution in [2.45, 2.75) is 39.2 Å². The summed E-state index contributed by atoms with van der Waals surface area (Å²) in [7, 11) is 0. The Bertz CT molecular complexity index is 713. The minimum atomic E-state index is -0.0901. The number of piperidine rings is 1. The van der Waals surface area contributed by atoms with Crippen LogP contribution in [0.25, 0.3) is 0 Å². The van der Waals surface area contributed by atoms with Gasteiger partial charge in [0.05, 0.1) is 12.0 Å². The maximum absolute atomic E-state index is 12.3. The molecule has 0 radical (unpaired) electrons. The third kappa shape index (κ3) is 3.87. The highest BCUT2D eigenvalue weighted by atomic mass is 32.1. The van der Waals surface area contributed by atoms with Gasteiger partial charge in [-0.3, -0.25) is 9.59 Å². The number of carbonyl (C=O) groups excluding carboxylic acids is 2. The maximum atomic E-state index is 12.3. The van der Waals surface area contributed by atoms with Crippen LogP contribution in [0.15, 0.2) is 28.0 Å². The van der Waals surface area contributed by atoms with Crippen molar-refractivity contribution < 1.29 is 14.0 Å². The van der Waals surface area contributed by atoms with Gasteiger partial charge < -0.3 is 14.6 Å². The number of rotatable bonds is 4. The van der Waals surface area contributed by atoms with Crippen molar-refractivity contribution >= 4 is 23.2 Å². The monoisotopic (exact) mass is 346 g/mol. The zero-order chi connectivity index (χ0) is 17.1. The fourth-order valence-corrected chi connectivity index (χ4v) is 3.76. The van der Waals surface area contributed by atoms with Gasteiger partial charge in [0.2, 0.25) is 5.91 Å². The summed E-state index contributed by atoms with van der Waals surface area (Å²) in [6, 6.07) is 5.84. The molecule has 0 bridgehead atoms. The molecule has 6 heteroatoms. The number of hydrogen-bond donors (Lipinski definition) is 1. The highest BCUT2D eigenvalue weighted by molar-refractivity contribution is 7.10. The van der Waals surface area contributed by atoms with Crippen molar-refractivity contribution in [2.24, 2.45) is 0 Å². The summed E-state index contributed by atoms with van der Waals surface area (Å²) in [6.07, 6.45) is 2.05. The van der Waals surface area contributed by atoms with Gasteiger partial charge >= 0.3 is 0 Å². The Balaban J connectivity index is 1.49. The normalized spacial score (nSPS) is 15.5. The average molecular weight is 346 g/mol. The molecule has 2 amide bonds. The van der Waals surface area contributed by atoms with Gasteiger partial charge in [0, 0.05) is 24.0 Å². The van der Waals surface area contributed by atoms with E-state index >= 15 is 0 Å². The molecule has 5 nitrogen and oxygen atoms in total. The first kappa shape index (κ1) is 16.8. The molecular weight excluding hydrogens is 324 g/mol. The highest BCUT2D eigenvalue weighted by Gasteiger charge is 2.25. The number of carbonyl (C=O) groups is 2.